The smallest absolute Gasteiger partial charge is 0.297 e. The minimum Gasteiger partial charge on any atom is -0.489 e. The van der Waals surface area contributed by atoms with E-state index >= 15 is 8.42 Å². The number of rotatable bonds is 11. The van der Waals surface area contributed by atoms with E-state index in [1.807, 2.05) is 30.9 Å². The number of piperidine rings is 1. The third-order valence-corrected chi connectivity index (χ3v) is 17.0. The molecule has 3 saturated heterocycles. The Morgan fingerprint density at radius 3 is 2.58 bits per heavy atom. The first-order valence-electron chi connectivity index (χ1n) is 24.0. The Bertz CT molecular complexity index is 2930. The normalized spacial score (nSPS) is 23.6. The summed E-state index contributed by atoms with van der Waals surface area (Å²) in [5.74, 6) is -0.600. The summed E-state index contributed by atoms with van der Waals surface area (Å²) in [5, 5.41) is 16.8. The van der Waals surface area contributed by atoms with E-state index in [2.05, 4.69) is 51.3 Å². The molecule has 69 heavy (non-hydrogen) atoms. The minimum atomic E-state index is -4.78. The SMILES string of the molecule is Cc1ccccc1[C@@H]1COCCN1C1CC2(CCN(c3ccc(C(N)=O)c(N4c5cc6cc[nH]c6nc5O[C@H]5COCC[C@@H]54)c3S(=O)(=O)c3cc4c(c([N+](=O)[O-])c3)N[C@@H](COC(C)C)CO4)CC2)C1. The number of nitrogens with two attached hydrogens (primary N) is 1. The standard InChI is InChI=1S/C50H58N8O10S/c1-29(2)66-25-32-26-67-42-22-34(21-39(58(60)61)44(42)53-32)69(62,63)46-38(55-15-12-50(13-16-55)23-33(24-50)56-17-19-65-27-41(56)35-7-5-4-6-30(35)3)9-8-36(47(51)59)45(46)57-37-11-18-64-28-43(37)68-49-40(57)20-31-10-14-52-48(31)54-49/h4-10,14,20-22,29,32-33,37,41,43,53H,11-13,15-19,23-28H2,1-3H3,(H2,51,59)(H,52,54)/t32-,37-,41-,43-/m0/s1. The van der Waals surface area contributed by atoms with E-state index in [9.17, 15) is 14.9 Å². The van der Waals surface area contributed by atoms with Crippen LogP contribution in [-0.2, 0) is 24.0 Å². The van der Waals surface area contributed by atoms with Gasteiger partial charge in [-0.15, -0.1) is 0 Å². The molecule has 6 aliphatic rings. The van der Waals surface area contributed by atoms with E-state index in [0.717, 1.165) is 43.7 Å². The number of ether oxygens (including phenoxy) is 5. The largest absolute Gasteiger partial charge is 0.489 e. The lowest BCUT2D eigenvalue weighted by atomic mass is 9.59. The molecule has 5 aromatic rings. The number of carbonyl (C=O) groups excluding carboxylic acids is 1. The molecule has 18 nitrogen and oxygen atoms in total. The number of aryl methyl sites for hydroxylation is 1. The molecule has 1 aliphatic carbocycles. The molecular weight excluding hydrogens is 905 g/mol. The van der Waals surface area contributed by atoms with Gasteiger partial charge in [-0.1, -0.05) is 24.3 Å². The lowest BCUT2D eigenvalue weighted by Gasteiger charge is -2.57. The summed E-state index contributed by atoms with van der Waals surface area (Å²) in [6.45, 7) is 10.1. The number of nitrogens with zero attached hydrogens (tertiary/aromatic N) is 5. The number of anilines is 4. The zero-order chi connectivity index (χ0) is 47.8. The van der Waals surface area contributed by atoms with Gasteiger partial charge in [0.2, 0.25) is 15.7 Å². The zero-order valence-corrected chi connectivity index (χ0v) is 39.8. The van der Waals surface area contributed by atoms with E-state index < -0.39 is 44.5 Å². The van der Waals surface area contributed by atoms with E-state index in [0.29, 0.717) is 62.4 Å². The van der Waals surface area contributed by atoms with Crippen molar-refractivity contribution in [3.8, 4) is 11.6 Å². The Balaban J connectivity index is 1.01. The third kappa shape index (κ3) is 8.10. The number of primary amides is 1. The van der Waals surface area contributed by atoms with Crippen molar-refractivity contribution in [2.24, 2.45) is 11.1 Å². The molecule has 11 rings (SSSR count). The van der Waals surface area contributed by atoms with E-state index in [1.165, 1.54) is 17.2 Å². The van der Waals surface area contributed by atoms with Gasteiger partial charge in [-0.3, -0.25) is 19.8 Å². The van der Waals surface area contributed by atoms with Gasteiger partial charge in [-0.05, 0) is 93.7 Å². The van der Waals surface area contributed by atoms with Crippen molar-refractivity contribution < 1.29 is 41.8 Å². The van der Waals surface area contributed by atoms with Crippen LogP contribution in [0.1, 0.15) is 73.5 Å². The Morgan fingerprint density at radius 1 is 1.01 bits per heavy atom. The predicted molar refractivity (Wildman–Crippen MR) is 258 cm³/mol. The Labute approximate surface area is 400 Å². The number of fused-ring (bicyclic) bond motifs is 4. The molecule has 4 N–H and O–H groups in total. The number of nitro benzene ring substituents is 1. The van der Waals surface area contributed by atoms with E-state index in [1.54, 1.807) is 18.3 Å². The highest BCUT2D eigenvalue weighted by Crippen LogP contribution is 2.55. The Kier molecular flexibility index (Phi) is 11.7. The van der Waals surface area contributed by atoms with Crippen LogP contribution < -0.4 is 30.3 Å². The molecule has 4 atom stereocenters. The van der Waals surface area contributed by atoms with Gasteiger partial charge in [0, 0.05) is 56.0 Å². The molecule has 7 heterocycles. The molecular formula is C50H58N8O10S. The summed E-state index contributed by atoms with van der Waals surface area (Å²) < 4.78 is 62.4. The molecule has 0 unspecified atom stereocenters. The molecule has 364 valence electrons. The topological polar surface area (TPSA) is 217 Å². The molecule has 1 amide bonds. The highest BCUT2D eigenvalue weighted by Gasteiger charge is 2.51. The number of benzene rings is 3. The number of sulfone groups is 1. The second-order valence-electron chi connectivity index (χ2n) is 19.7. The van der Waals surface area contributed by atoms with Gasteiger partial charge in [-0.2, -0.15) is 4.98 Å². The molecule has 1 saturated carbocycles. The van der Waals surface area contributed by atoms with Crippen molar-refractivity contribution in [3.05, 3.63) is 93.7 Å². The number of H-pyrrole nitrogens is 1. The number of hydrogen-bond donors (Lipinski definition) is 3. The van der Waals surface area contributed by atoms with Crippen LogP contribution in [0.4, 0.5) is 28.4 Å². The maximum absolute atomic E-state index is 16.0. The number of nitrogens with one attached hydrogen (secondary N) is 2. The average Bonchev–Trinajstić information content (AvgIpc) is 3.80. The second kappa shape index (κ2) is 17.8. The first kappa shape index (κ1) is 45.5. The van der Waals surface area contributed by atoms with Gasteiger partial charge in [0.25, 0.3) is 11.6 Å². The van der Waals surface area contributed by atoms with Gasteiger partial charge >= 0.3 is 0 Å². The van der Waals surface area contributed by atoms with Crippen molar-refractivity contribution >= 4 is 55.2 Å². The van der Waals surface area contributed by atoms with E-state index in [4.69, 9.17) is 34.4 Å². The van der Waals surface area contributed by atoms with Crippen LogP contribution in [0.2, 0.25) is 0 Å². The second-order valence-corrected chi connectivity index (χ2v) is 21.6. The molecule has 3 aromatic carbocycles. The fourth-order valence-electron chi connectivity index (χ4n) is 11.6. The van der Waals surface area contributed by atoms with Crippen molar-refractivity contribution in [2.45, 2.75) is 99.0 Å². The molecule has 0 radical (unpaired) electrons. The summed E-state index contributed by atoms with van der Waals surface area (Å²) in [7, 11) is -4.78. The Hall–Kier alpha value is -5.99. The van der Waals surface area contributed by atoms with E-state index in [-0.39, 0.29) is 75.7 Å². The van der Waals surface area contributed by atoms with Crippen LogP contribution in [-0.4, -0.2) is 124 Å². The highest BCUT2D eigenvalue weighted by atomic mass is 32.2. The summed E-state index contributed by atoms with van der Waals surface area (Å²) in [4.78, 5) is 40.1. The lowest BCUT2D eigenvalue weighted by Crippen LogP contribution is -2.58. The lowest BCUT2D eigenvalue weighted by molar-refractivity contribution is -0.384. The molecule has 0 bridgehead atoms. The zero-order valence-electron chi connectivity index (χ0n) is 39.0. The third-order valence-electron chi connectivity index (χ3n) is 15.2. The fourth-order valence-corrected chi connectivity index (χ4v) is 13.3. The fraction of sp³-hybridized carbons (Fsp3) is 0.480. The van der Waals surface area contributed by atoms with Gasteiger partial charge in [0.05, 0.1) is 77.4 Å². The van der Waals surface area contributed by atoms with Gasteiger partial charge in [-0.25, -0.2) is 8.42 Å². The van der Waals surface area contributed by atoms with Crippen molar-refractivity contribution in [1.82, 2.24) is 14.9 Å². The first-order valence-corrected chi connectivity index (χ1v) is 25.5. The van der Waals surface area contributed by atoms with Crippen LogP contribution in [0.3, 0.4) is 0 Å². The number of hydrogen-bond acceptors (Lipinski definition) is 15. The number of morpholine rings is 1. The summed E-state index contributed by atoms with van der Waals surface area (Å²) in [6, 6.07) is 17.6. The maximum Gasteiger partial charge on any atom is 0.297 e. The van der Waals surface area contributed by atoms with Crippen molar-refractivity contribution in [1.29, 1.82) is 0 Å². The predicted octanol–water partition coefficient (Wildman–Crippen LogP) is 6.82. The number of nitro groups is 1. The van der Waals surface area contributed by atoms with Crippen molar-refractivity contribution in [3.63, 3.8) is 0 Å². The van der Waals surface area contributed by atoms with Crippen LogP contribution in [0.25, 0.3) is 11.0 Å². The van der Waals surface area contributed by atoms with Crippen molar-refractivity contribution in [2.75, 3.05) is 74.4 Å². The quantitative estimate of drug-likeness (QED) is 0.0915. The number of aromatic amines is 1. The van der Waals surface area contributed by atoms with Gasteiger partial charge in [0.1, 0.15) is 28.9 Å². The molecule has 19 heteroatoms. The van der Waals surface area contributed by atoms with Crippen LogP contribution in [0, 0.1) is 22.5 Å². The number of pyridine rings is 1. The highest BCUT2D eigenvalue weighted by molar-refractivity contribution is 7.91. The average molecular weight is 963 g/mol. The first-order chi connectivity index (χ1) is 33.3. The minimum absolute atomic E-state index is 0.0161. The van der Waals surface area contributed by atoms with Crippen LogP contribution in [0.5, 0.6) is 11.6 Å². The number of carbonyl (C=O) groups is 1. The monoisotopic (exact) mass is 962 g/mol. The molecule has 1 spiro atoms. The molecule has 2 aromatic heterocycles. The Morgan fingerprint density at radius 2 is 1.81 bits per heavy atom. The van der Waals surface area contributed by atoms with Gasteiger partial charge in [0.15, 0.2) is 11.4 Å². The summed E-state index contributed by atoms with van der Waals surface area (Å²) in [5.41, 5.74) is 9.88. The van der Waals surface area contributed by atoms with Crippen LogP contribution in [0.15, 0.2) is 76.7 Å². The molecule has 4 fully saturated rings. The number of aromatic nitrogens is 2. The maximum atomic E-state index is 16.0. The van der Waals surface area contributed by atoms with Gasteiger partial charge < -0.3 is 49.5 Å². The van der Waals surface area contributed by atoms with Crippen LogP contribution >= 0.6 is 0 Å². The molecule has 5 aliphatic heterocycles. The number of amides is 1. The summed E-state index contributed by atoms with van der Waals surface area (Å²) in [6.07, 6.45) is 5.17. The summed E-state index contributed by atoms with van der Waals surface area (Å²) >= 11 is 0.